The van der Waals surface area contributed by atoms with Gasteiger partial charge in [0.05, 0.1) is 10.8 Å². The number of sulfonamides is 1. The third-order valence-corrected chi connectivity index (χ3v) is 8.46. The van der Waals surface area contributed by atoms with Crippen LogP contribution in [-0.4, -0.2) is 62.9 Å². The molecule has 0 bridgehead atoms. The first-order valence-electron chi connectivity index (χ1n) is 10.5. The maximum Gasteiger partial charge on any atom is 0.243 e. The zero-order valence-electron chi connectivity index (χ0n) is 17.6. The first-order chi connectivity index (χ1) is 15.3. The van der Waals surface area contributed by atoms with Gasteiger partial charge in [-0.3, -0.25) is 4.79 Å². The van der Waals surface area contributed by atoms with E-state index >= 15 is 0 Å². The van der Waals surface area contributed by atoms with Gasteiger partial charge in [-0.1, -0.05) is 28.1 Å². The van der Waals surface area contributed by atoms with Crippen molar-refractivity contribution < 1.29 is 22.7 Å². The van der Waals surface area contributed by atoms with Crippen molar-refractivity contribution in [1.29, 1.82) is 0 Å². The van der Waals surface area contributed by atoms with Crippen LogP contribution in [-0.2, 0) is 14.8 Å². The molecule has 9 heteroatoms. The van der Waals surface area contributed by atoms with E-state index in [-0.39, 0.29) is 16.7 Å². The van der Waals surface area contributed by atoms with E-state index in [1.54, 1.807) is 12.1 Å². The molecule has 3 aliphatic heterocycles. The third kappa shape index (κ3) is 3.82. The summed E-state index contributed by atoms with van der Waals surface area (Å²) < 4.78 is 39.9. The minimum Gasteiger partial charge on any atom is -0.486 e. The van der Waals surface area contributed by atoms with Gasteiger partial charge in [0.25, 0.3) is 0 Å². The molecule has 0 aliphatic carbocycles. The Morgan fingerprint density at radius 3 is 2.34 bits per heavy atom. The van der Waals surface area contributed by atoms with Gasteiger partial charge in [-0.25, -0.2) is 8.42 Å². The highest BCUT2D eigenvalue weighted by molar-refractivity contribution is 9.10. The number of hydrogen-bond donors (Lipinski definition) is 0. The molecule has 0 saturated carbocycles. The summed E-state index contributed by atoms with van der Waals surface area (Å²) in [5.41, 5.74) is 2.99. The van der Waals surface area contributed by atoms with Gasteiger partial charge in [0.15, 0.2) is 11.5 Å². The van der Waals surface area contributed by atoms with Crippen LogP contribution >= 0.6 is 15.9 Å². The third-order valence-electron chi connectivity index (χ3n) is 6.18. The Kier molecular flexibility index (Phi) is 5.51. The molecule has 1 unspecified atom stereocenters. The summed E-state index contributed by atoms with van der Waals surface area (Å²) in [6, 6.07) is 12.5. The maximum atomic E-state index is 13.2. The fourth-order valence-electron chi connectivity index (χ4n) is 4.40. The molecule has 32 heavy (non-hydrogen) atoms. The molecule has 0 fully saturated rings. The van der Waals surface area contributed by atoms with Gasteiger partial charge >= 0.3 is 0 Å². The summed E-state index contributed by atoms with van der Waals surface area (Å²) in [5.74, 6) is 0.810. The van der Waals surface area contributed by atoms with Crippen LogP contribution in [0.4, 0.5) is 0 Å². The van der Waals surface area contributed by atoms with Crippen molar-refractivity contribution in [2.45, 2.75) is 17.7 Å². The summed E-state index contributed by atoms with van der Waals surface area (Å²) in [5, 5.41) is 0. The standard InChI is InChI=1S/C23H23BrN2O5S/c1-15(16-3-2-4-19(24)9-16)23(27)25-11-17-13-26(14-18(17)12-25)32(28,29)20-5-6-21-22(10-20)31-8-7-30-21/h2-6,9-10,15H,7-8,11-14H2,1H3. The molecule has 7 nitrogen and oxygen atoms in total. The second-order valence-electron chi connectivity index (χ2n) is 8.26. The molecule has 1 atom stereocenters. The van der Waals surface area contributed by atoms with Gasteiger partial charge in [0.1, 0.15) is 13.2 Å². The van der Waals surface area contributed by atoms with Crippen molar-refractivity contribution in [1.82, 2.24) is 9.21 Å². The van der Waals surface area contributed by atoms with E-state index in [1.807, 2.05) is 36.1 Å². The minimum atomic E-state index is -3.67. The van der Waals surface area contributed by atoms with E-state index in [1.165, 1.54) is 10.4 Å². The fraction of sp³-hybridized carbons (Fsp3) is 0.348. The number of carbonyl (C=O) groups is 1. The number of amides is 1. The molecule has 0 saturated heterocycles. The molecule has 168 valence electrons. The molecule has 3 heterocycles. The average molecular weight is 519 g/mol. The number of fused-ring (bicyclic) bond motifs is 1. The number of carbonyl (C=O) groups excluding carboxylic acids is 1. The van der Waals surface area contributed by atoms with Crippen LogP contribution in [0.25, 0.3) is 0 Å². The maximum absolute atomic E-state index is 13.2. The van der Waals surface area contributed by atoms with Crippen molar-refractivity contribution in [3.05, 3.63) is 63.6 Å². The Morgan fingerprint density at radius 2 is 1.66 bits per heavy atom. The van der Waals surface area contributed by atoms with Gasteiger partial charge in [-0.15, -0.1) is 0 Å². The number of ether oxygens (including phenoxy) is 2. The SMILES string of the molecule is CC(C(=O)N1CC2=C(C1)CN(S(=O)(=O)c1ccc3c(c1)OCCO3)C2)c1cccc(Br)c1. The number of halogens is 1. The number of benzene rings is 2. The first kappa shape index (κ1) is 21.5. The monoisotopic (exact) mass is 518 g/mol. The normalized spacial score (nSPS) is 19.2. The highest BCUT2D eigenvalue weighted by Crippen LogP contribution is 2.36. The topological polar surface area (TPSA) is 76.2 Å². The van der Waals surface area contributed by atoms with E-state index in [2.05, 4.69) is 15.9 Å². The average Bonchev–Trinajstić information content (AvgIpc) is 3.38. The Hall–Kier alpha value is -2.36. The lowest BCUT2D eigenvalue weighted by molar-refractivity contribution is -0.131. The summed E-state index contributed by atoms with van der Waals surface area (Å²) in [4.78, 5) is 15.1. The predicted octanol–water partition coefficient (Wildman–Crippen LogP) is 3.17. The summed E-state index contributed by atoms with van der Waals surface area (Å²) >= 11 is 3.46. The van der Waals surface area contributed by atoms with Gasteiger partial charge in [0.2, 0.25) is 15.9 Å². The first-order valence-corrected chi connectivity index (χ1v) is 12.7. The molecular weight excluding hydrogens is 496 g/mol. The highest BCUT2D eigenvalue weighted by atomic mass is 79.9. The molecule has 2 aromatic carbocycles. The van der Waals surface area contributed by atoms with Crippen molar-refractivity contribution in [3.8, 4) is 11.5 Å². The fourth-order valence-corrected chi connectivity index (χ4v) is 6.26. The van der Waals surface area contributed by atoms with Crippen LogP contribution in [0.3, 0.4) is 0 Å². The van der Waals surface area contributed by atoms with E-state index in [0.717, 1.165) is 21.2 Å². The largest absolute Gasteiger partial charge is 0.486 e. The lowest BCUT2D eigenvalue weighted by Crippen LogP contribution is -2.38. The van der Waals surface area contributed by atoms with E-state index in [9.17, 15) is 13.2 Å². The molecule has 0 aromatic heterocycles. The lowest BCUT2D eigenvalue weighted by Gasteiger charge is -2.25. The predicted molar refractivity (Wildman–Crippen MR) is 122 cm³/mol. The number of hydrogen-bond acceptors (Lipinski definition) is 5. The van der Waals surface area contributed by atoms with Crippen molar-refractivity contribution in [2.24, 2.45) is 0 Å². The molecule has 0 spiro atoms. The molecular formula is C23H23BrN2O5S. The van der Waals surface area contributed by atoms with E-state index in [0.29, 0.717) is 50.9 Å². The Morgan fingerprint density at radius 1 is 0.969 bits per heavy atom. The van der Waals surface area contributed by atoms with Crippen LogP contribution in [0.2, 0.25) is 0 Å². The molecule has 2 aromatic rings. The second-order valence-corrected chi connectivity index (χ2v) is 11.1. The molecule has 1 amide bonds. The van der Waals surface area contributed by atoms with Crippen LogP contribution in [0, 0.1) is 0 Å². The number of rotatable bonds is 4. The van der Waals surface area contributed by atoms with Crippen LogP contribution < -0.4 is 9.47 Å². The lowest BCUT2D eigenvalue weighted by atomic mass is 10.00. The van der Waals surface area contributed by atoms with E-state index in [4.69, 9.17) is 9.47 Å². The molecule has 5 rings (SSSR count). The van der Waals surface area contributed by atoms with Crippen molar-refractivity contribution in [3.63, 3.8) is 0 Å². The van der Waals surface area contributed by atoms with Gasteiger partial charge in [-0.05, 0) is 47.9 Å². The highest BCUT2D eigenvalue weighted by Gasteiger charge is 2.38. The molecule has 3 aliphatic rings. The Bertz CT molecular complexity index is 1210. The summed E-state index contributed by atoms with van der Waals surface area (Å²) in [7, 11) is -3.67. The van der Waals surface area contributed by atoms with Crippen LogP contribution in [0.15, 0.2) is 63.0 Å². The van der Waals surface area contributed by atoms with Gasteiger partial charge < -0.3 is 14.4 Å². The summed E-state index contributed by atoms with van der Waals surface area (Å²) in [6.07, 6.45) is 0. The second kappa shape index (κ2) is 8.20. The minimum absolute atomic E-state index is 0.0544. The van der Waals surface area contributed by atoms with Gasteiger partial charge in [-0.2, -0.15) is 4.31 Å². The Labute approximate surface area is 195 Å². The molecule has 0 N–H and O–H groups in total. The number of nitrogens with zero attached hydrogens (tertiary/aromatic N) is 2. The van der Waals surface area contributed by atoms with E-state index < -0.39 is 10.0 Å². The van der Waals surface area contributed by atoms with Crippen LogP contribution in [0.1, 0.15) is 18.4 Å². The Balaban J connectivity index is 1.26. The zero-order valence-corrected chi connectivity index (χ0v) is 20.0. The summed E-state index contributed by atoms with van der Waals surface area (Å²) in [6.45, 7) is 4.32. The quantitative estimate of drug-likeness (QED) is 0.581. The van der Waals surface area contributed by atoms with Crippen molar-refractivity contribution >= 4 is 31.9 Å². The zero-order chi connectivity index (χ0) is 22.5. The molecule has 0 radical (unpaired) electrons. The van der Waals surface area contributed by atoms with Gasteiger partial charge in [0, 0.05) is 36.7 Å². The van der Waals surface area contributed by atoms with Crippen LogP contribution in [0.5, 0.6) is 11.5 Å². The van der Waals surface area contributed by atoms with Crippen molar-refractivity contribution in [2.75, 3.05) is 39.4 Å². The smallest absolute Gasteiger partial charge is 0.243 e.